The van der Waals surface area contributed by atoms with Crippen LogP contribution in [-0.2, 0) is 4.79 Å². The molecule has 0 atom stereocenters. The summed E-state index contributed by atoms with van der Waals surface area (Å²) in [5, 5.41) is 2.73. The number of benzene rings is 2. The maximum atomic E-state index is 11.7. The van der Waals surface area contributed by atoms with Crippen LogP contribution in [0.3, 0.4) is 0 Å². The van der Waals surface area contributed by atoms with Crippen molar-refractivity contribution in [1.29, 1.82) is 0 Å². The van der Waals surface area contributed by atoms with E-state index in [9.17, 15) is 4.79 Å². The van der Waals surface area contributed by atoms with Crippen molar-refractivity contribution in [2.45, 2.75) is 0 Å². The van der Waals surface area contributed by atoms with E-state index in [4.69, 9.17) is 5.73 Å². The number of nitrogens with one attached hydrogen (secondary N) is 1. The predicted octanol–water partition coefficient (Wildman–Crippen LogP) is 2.92. The number of nitrogen functional groups attached to an aromatic ring is 1. The van der Waals surface area contributed by atoms with E-state index in [-0.39, 0.29) is 5.91 Å². The Bertz CT molecular complexity index is 562. The number of anilines is 2. The largest absolute Gasteiger partial charge is 0.397 e. The fourth-order valence-electron chi connectivity index (χ4n) is 1.52. The fraction of sp³-hybridized carbons (Fsp3) is 0. The summed E-state index contributed by atoms with van der Waals surface area (Å²) in [6.45, 7) is 0. The van der Waals surface area contributed by atoms with E-state index >= 15 is 0 Å². The first-order valence-corrected chi connectivity index (χ1v) is 5.64. The molecule has 0 aliphatic heterocycles. The van der Waals surface area contributed by atoms with Crippen LogP contribution >= 0.6 is 0 Å². The van der Waals surface area contributed by atoms with Crippen molar-refractivity contribution in [2.24, 2.45) is 0 Å². The maximum Gasteiger partial charge on any atom is 0.248 e. The highest BCUT2D eigenvalue weighted by Gasteiger charge is 2.00. The van der Waals surface area contributed by atoms with Gasteiger partial charge in [0.25, 0.3) is 0 Å². The zero-order valence-electron chi connectivity index (χ0n) is 9.84. The molecule has 0 unspecified atom stereocenters. The van der Waals surface area contributed by atoms with Gasteiger partial charge in [-0.3, -0.25) is 4.79 Å². The molecule has 0 aliphatic carbocycles. The molecule has 3 nitrogen and oxygen atoms in total. The molecule has 90 valence electrons. The normalized spacial score (nSPS) is 10.4. The van der Waals surface area contributed by atoms with E-state index in [1.54, 1.807) is 18.2 Å². The maximum absolute atomic E-state index is 11.7. The van der Waals surface area contributed by atoms with Gasteiger partial charge in [-0.05, 0) is 23.8 Å². The third-order valence-corrected chi connectivity index (χ3v) is 2.45. The van der Waals surface area contributed by atoms with Crippen LogP contribution in [0.15, 0.2) is 60.7 Å². The molecule has 2 aromatic carbocycles. The van der Waals surface area contributed by atoms with Crippen LogP contribution < -0.4 is 11.1 Å². The van der Waals surface area contributed by atoms with E-state index in [0.717, 1.165) is 5.56 Å². The molecule has 3 N–H and O–H groups in total. The van der Waals surface area contributed by atoms with Crippen molar-refractivity contribution in [3.63, 3.8) is 0 Å². The van der Waals surface area contributed by atoms with Gasteiger partial charge in [0.1, 0.15) is 0 Å². The van der Waals surface area contributed by atoms with Crippen molar-refractivity contribution in [1.82, 2.24) is 0 Å². The number of rotatable bonds is 3. The number of carbonyl (C=O) groups is 1. The summed E-state index contributed by atoms with van der Waals surface area (Å²) >= 11 is 0. The molecule has 18 heavy (non-hydrogen) atoms. The molecule has 3 heteroatoms. The van der Waals surface area contributed by atoms with Gasteiger partial charge in [-0.25, -0.2) is 0 Å². The lowest BCUT2D eigenvalue weighted by atomic mass is 10.2. The molecular weight excluding hydrogens is 224 g/mol. The lowest BCUT2D eigenvalue weighted by Gasteiger charge is -2.04. The fourth-order valence-corrected chi connectivity index (χ4v) is 1.52. The van der Waals surface area contributed by atoms with Gasteiger partial charge in [-0.15, -0.1) is 0 Å². The van der Waals surface area contributed by atoms with Crippen LogP contribution in [0.1, 0.15) is 5.56 Å². The molecule has 2 aromatic rings. The average molecular weight is 238 g/mol. The Hall–Kier alpha value is -2.55. The summed E-state index contributed by atoms with van der Waals surface area (Å²) in [4.78, 5) is 11.7. The van der Waals surface area contributed by atoms with Crippen LogP contribution in [0.2, 0.25) is 0 Å². The monoisotopic (exact) mass is 238 g/mol. The second-order valence-corrected chi connectivity index (χ2v) is 3.82. The van der Waals surface area contributed by atoms with E-state index in [1.807, 2.05) is 42.5 Å². The summed E-state index contributed by atoms with van der Waals surface area (Å²) < 4.78 is 0. The Balaban J connectivity index is 2.02. The summed E-state index contributed by atoms with van der Waals surface area (Å²) in [5.41, 5.74) is 7.90. The van der Waals surface area contributed by atoms with Gasteiger partial charge in [0, 0.05) is 6.08 Å². The zero-order valence-corrected chi connectivity index (χ0v) is 9.84. The Morgan fingerprint density at radius 3 is 2.39 bits per heavy atom. The molecule has 0 saturated carbocycles. The van der Waals surface area contributed by atoms with Crippen molar-refractivity contribution in [3.05, 3.63) is 66.2 Å². The number of hydrogen-bond donors (Lipinski definition) is 2. The first kappa shape index (κ1) is 11.9. The summed E-state index contributed by atoms with van der Waals surface area (Å²) in [5.74, 6) is -0.197. The second-order valence-electron chi connectivity index (χ2n) is 3.82. The highest BCUT2D eigenvalue weighted by molar-refractivity contribution is 6.03. The SMILES string of the molecule is Nc1ccccc1NC(=O)C=Cc1ccccc1. The van der Waals surface area contributed by atoms with Crippen LogP contribution in [0.4, 0.5) is 11.4 Å². The van der Waals surface area contributed by atoms with Gasteiger partial charge < -0.3 is 11.1 Å². The zero-order chi connectivity index (χ0) is 12.8. The van der Waals surface area contributed by atoms with Crippen molar-refractivity contribution in [3.8, 4) is 0 Å². The van der Waals surface area contributed by atoms with E-state index in [2.05, 4.69) is 5.32 Å². The molecule has 0 bridgehead atoms. The van der Waals surface area contributed by atoms with E-state index in [1.165, 1.54) is 6.08 Å². The number of nitrogens with two attached hydrogens (primary N) is 1. The van der Waals surface area contributed by atoms with Crippen LogP contribution in [-0.4, -0.2) is 5.91 Å². The minimum absolute atomic E-state index is 0.197. The standard InChI is InChI=1S/C15H14N2O/c16-13-8-4-5-9-14(13)17-15(18)11-10-12-6-2-1-3-7-12/h1-11H,16H2,(H,17,18). The van der Waals surface area contributed by atoms with Gasteiger partial charge in [-0.2, -0.15) is 0 Å². The highest BCUT2D eigenvalue weighted by Crippen LogP contribution is 2.16. The third kappa shape index (κ3) is 3.22. The van der Waals surface area contributed by atoms with Gasteiger partial charge in [0.05, 0.1) is 11.4 Å². The molecule has 0 heterocycles. The Morgan fingerprint density at radius 1 is 1.00 bits per heavy atom. The molecule has 0 aromatic heterocycles. The topological polar surface area (TPSA) is 55.1 Å². The molecule has 0 saturated heterocycles. The lowest BCUT2D eigenvalue weighted by molar-refractivity contribution is -0.111. The predicted molar refractivity (Wildman–Crippen MR) is 75.0 cm³/mol. The second kappa shape index (κ2) is 5.68. The van der Waals surface area contributed by atoms with Crippen LogP contribution in [0.25, 0.3) is 6.08 Å². The first-order chi connectivity index (χ1) is 8.75. The first-order valence-electron chi connectivity index (χ1n) is 5.64. The van der Waals surface area contributed by atoms with Crippen LogP contribution in [0.5, 0.6) is 0 Å². The minimum Gasteiger partial charge on any atom is -0.397 e. The summed E-state index contributed by atoms with van der Waals surface area (Å²) in [6, 6.07) is 16.8. The number of amides is 1. The Morgan fingerprint density at radius 2 is 1.67 bits per heavy atom. The van der Waals surface area contributed by atoms with Crippen molar-refractivity contribution >= 4 is 23.4 Å². The number of para-hydroxylation sites is 2. The van der Waals surface area contributed by atoms with E-state index < -0.39 is 0 Å². The van der Waals surface area contributed by atoms with Crippen molar-refractivity contribution in [2.75, 3.05) is 11.1 Å². The third-order valence-electron chi connectivity index (χ3n) is 2.45. The van der Waals surface area contributed by atoms with Crippen LogP contribution in [0, 0.1) is 0 Å². The highest BCUT2D eigenvalue weighted by atomic mass is 16.1. The summed E-state index contributed by atoms with van der Waals surface area (Å²) in [6.07, 6.45) is 3.25. The quantitative estimate of drug-likeness (QED) is 0.638. The van der Waals surface area contributed by atoms with Gasteiger partial charge in [0.15, 0.2) is 0 Å². The average Bonchev–Trinajstić information content (AvgIpc) is 2.40. The minimum atomic E-state index is -0.197. The Labute approximate surface area is 106 Å². The van der Waals surface area contributed by atoms with Gasteiger partial charge in [-0.1, -0.05) is 42.5 Å². The molecule has 2 rings (SSSR count). The van der Waals surface area contributed by atoms with Gasteiger partial charge >= 0.3 is 0 Å². The molecule has 0 aliphatic rings. The van der Waals surface area contributed by atoms with E-state index in [0.29, 0.717) is 11.4 Å². The number of carbonyl (C=O) groups excluding carboxylic acids is 1. The van der Waals surface area contributed by atoms with Crippen molar-refractivity contribution < 1.29 is 4.79 Å². The smallest absolute Gasteiger partial charge is 0.248 e. The van der Waals surface area contributed by atoms with Gasteiger partial charge in [0.2, 0.25) is 5.91 Å². The molecule has 0 spiro atoms. The summed E-state index contributed by atoms with van der Waals surface area (Å²) in [7, 11) is 0. The molecule has 0 fully saturated rings. The lowest BCUT2D eigenvalue weighted by Crippen LogP contribution is -2.09. The number of hydrogen-bond acceptors (Lipinski definition) is 2. The Kier molecular flexibility index (Phi) is 3.76. The molecular formula is C15H14N2O. The molecule has 1 amide bonds. The molecule has 0 radical (unpaired) electrons.